The summed E-state index contributed by atoms with van der Waals surface area (Å²) < 4.78 is 1.10. The molecular formula is C17H19BrN2S. The summed E-state index contributed by atoms with van der Waals surface area (Å²) in [7, 11) is 0. The fourth-order valence-electron chi connectivity index (χ4n) is 2.15. The molecular weight excluding hydrogens is 344 g/mol. The van der Waals surface area contributed by atoms with Gasteiger partial charge in [-0.3, -0.25) is 0 Å². The van der Waals surface area contributed by atoms with Crippen LogP contribution in [0.5, 0.6) is 0 Å². The van der Waals surface area contributed by atoms with Gasteiger partial charge in [0.2, 0.25) is 0 Å². The molecule has 0 spiro atoms. The Hall–Kier alpha value is -1.39. The minimum atomic E-state index is 0.225. The first-order valence-corrected chi connectivity index (χ1v) is 8.19. The summed E-state index contributed by atoms with van der Waals surface area (Å²) in [6.45, 7) is 4.21. The van der Waals surface area contributed by atoms with Gasteiger partial charge >= 0.3 is 0 Å². The molecule has 0 bridgehead atoms. The van der Waals surface area contributed by atoms with Gasteiger partial charge in [-0.05, 0) is 54.9 Å². The van der Waals surface area contributed by atoms with Gasteiger partial charge in [-0.2, -0.15) is 0 Å². The second kappa shape index (κ2) is 7.57. The summed E-state index contributed by atoms with van der Waals surface area (Å²) in [6, 6.07) is 16.7. The van der Waals surface area contributed by atoms with Crippen LogP contribution in [0.15, 0.2) is 53.0 Å². The Morgan fingerprint density at radius 1 is 1.19 bits per heavy atom. The van der Waals surface area contributed by atoms with Gasteiger partial charge in [0.25, 0.3) is 0 Å². The van der Waals surface area contributed by atoms with E-state index >= 15 is 0 Å². The molecule has 2 nitrogen and oxygen atoms in total. The highest BCUT2D eigenvalue weighted by atomic mass is 79.9. The number of aryl methyl sites for hydroxylation is 1. The van der Waals surface area contributed by atoms with Crippen LogP contribution in [-0.2, 0) is 0 Å². The van der Waals surface area contributed by atoms with Gasteiger partial charge < -0.3 is 10.6 Å². The molecule has 2 rings (SSSR count). The van der Waals surface area contributed by atoms with Crippen molar-refractivity contribution in [3.05, 3.63) is 64.1 Å². The SMILES string of the molecule is CC[C@H](NC(=S)Nc1ccc(Br)c(C)c1)c1ccccc1. The summed E-state index contributed by atoms with van der Waals surface area (Å²) in [5, 5.41) is 7.26. The van der Waals surface area contributed by atoms with Crippen LogP contribution in [0.25, 0.3) is 0 Å². The number of halogens is 1. The minimum absolute atomic E-state index is 0.225. The zero-order chi connectivity index (χ0) is 15.2. The summed E-state index contributed by atoms with van der Waals surface area (Å²) in [6.07, 6.45) is 0.977. The fourth-order valence-corrected chi connectivity index (χ4v) is 2.66. The molecule has 2 aromatic rings. The second-order valence-corrected chi connectivity index (χ2v) is 6.20. The Morgan fingerprint density at radius 2 is 1.90 bits per heavy atom. The van der Waals surface area contributed by atoms with Gasteiger partial charge in [-0.25, -0.2) is 0 Å². The van der Waals surface area contributed by atoms with Crippen LogP contribution in [0.3, 0.4) is 0 Å². The quantitative estimate of drug-likeness (QED) is 0.731. The average molecular weight is 363 g/mol. The Labute approximate surface area is 140 Å². The van der Waals surface area contributed by atoms with Crippen LogP contribution in [0.2, 0.25) is 0 Å². The Balaban J connectivity index is 2.01. The van der Waals surface area contributed by atoms with E-state index in [0.29, 0.717) is 5.11 Å². The summed E-state index contributed by atoms with van der Waals surface area (Å²) in [4.78, 5) is 0. The van der Waals surface area contributed by atoms with Gasteiger partial charge in [0.15, 0.2) is 5.11 Å². The zero-order valence-corrected chi connectivity index (χ0v) is 14.6. The van der Waals surface area contributed by atoms with Gasteiger partial charge in [0, 0.05) is 10.2 Å². The van der Waals surface area contributed by atoms with Crippen molar-refractivity contribution < 1.29 is 0 Å². The molecule has 0 amide bonds. The molecule has 0 aliphatic rings. The van der Waals surface area contributed by atoms with Crippen molar-refractivity contribution in [2.24, 2.45) is 0 Å². The van der Waals surface area contributed by atoms with Crippen molar-refractivity contribution in [2.45, 2.75) is 26.3 Å². The third-order valence-electron chi connectivity index (χ3n) is 3.33. The van der Waals surface area contributed by atoms with Crippen molar-refractivity contribution in [3.8, 4) is 0 Å². The number of thiocarbonyl (C=S) groups is 1. The molecule has 0 saturated heterocycles. The predicted molar refractivity (Wildman–Crippen MR) is 97.7 cm³/mol. The lowest BCUT2D eigenvalue weighted by molar-refractivity contribution is 0.629. The standard InChI is InChI=1S/C17H19BrN2S/c1-3-16(13-7-5-4-6-8-13)20-17(21)19-14-9-10-15(18)12(2)11-14/h4-11,16H,3H2,1-2H3,(H2,19,20,21)/t16-/m0/s1. The monoisotopic (exact) mass is 362 g/mol. The van der Waals surface area contributed by atoms with E-state index in [1.165, 1.54) is 11.1 Å². The highest BCUT2D eigenvalue weighted by molar-refractivity contribution is 9.10. The van der Waals surface area contributed by atoms with Crippen molar-refractivity contribution in [1.29, 1.82) is 0 Å². The first-order chi connectivity index (χ1) is 10.1. The molecule has 0 aliphatic heterocycles. The zero-order valence-electron chi connectivity index (χ0n) is 12.2. The normalized spacial score (nSPS) is 11.8. The minimum Gasteiger partial charge on any atom is -0.356 e. The van der Waals surface area contributed by atoms with E-state index in [-0.39, 0.29) is 6.04 Å². The smallest absolute Gasteiger partial charge is 0.171 e. The van der Waals surface area contributed by atoms with Crippen molar-refractivity contribution in [1.82, 2.24) is 5.32 Å². The number of benzene rings is 2. The first-order valence-electron chi connectivity index (χ1n) is 6.98. The lowest BCUT2D eigenvalue weighted by atomic mass is 10.1. The molecule has 1 atom stereocenters. The Kier molecular flexibility index (Phi) is 5.76. The molecule has 2 aromatic carbocycles. The third kappa shape index (κ3) is 4.55. The topological polar surface area (TPSA) is 24.1 Å². The van der Waals surface area contributed by atoms with Crippen LogP contribution < -0.4 is 10.6 Å². The van der Waals surface area contributed by atoms with Crippen LogP contribution in [0, 0.1) is 6.92 Å². The van der Waals surface area contributed by atoms with Crippen LogP contribution >= 0.6 is 28.1 Å². The summed E-state index contributed by atoms with van der Waals surface area (Å²) in [5.41, 5.74) is 3.42. The molecule has 0 radical (unpaired) electrons. The first kappa shape index (κ1) is 16.0. The van der Waals surface area contributed by atoms with Crippen molar-refractivity contribution in [2.75, 3.05) is 5.32 Å². The number of rotatable bonds is 4. The highest BCUT2D eigenvalue weighted by Crippen LogP contribution is 2.20. The van der Waals surface area contributed by atoms with Gasteiger partial charge in [0.05, 0.1) is 6.04 Å². The average Bonchev–Trinajstić information content (AvgIpc) is 2.49. The van der Waals surface area contributed by atoms with E-state index < -0.39 is 0 Å². The van der Waals surface area contributed by atoms with Crippen LogP contribution in [0.1, 0.15) is 30.5 Å². The predicted octanol–water partition coefficient (Wildman–Crippen LogP) is 5.20. The van der Waals surface area contributed by atoms with Crippen LogP contribution in [-0.4, -0.2) is 5.11 Å². The Bertz CT molecular complexity index is 613. The van der Waals surface area contributed by atoms with Crippen molar-refractivity contribution in [3.63, 3.8) is 0 Å². The molecule has 4 heteroatoms. The second-order valence-electron chi connectivity index (χ2n) is 4.93. The van der Waals surface area contributed by atoms with E-state index in [9.17, 15) is 0 Å². The summed E-state index contributed by atoms with van der Waals surface area (Å²) >= 11 is 8.92. The number of nitrogens with one attached hydrogen (secondary N) is 2. The fraction of sp³-hybridized carbons (Fsp3) is 0.235. The molecule has 21 heavy (non-hydrogen) atoms. The molecule has 0 saturated carbocycles. The number of anilines is 1. The van der Waals surface area contributed by atoms with Gasteiger partial charge in [-0.15, -0.1) is 0 Å². The largest absolute Gasteiger partial charge is 0.356 e. The number of hydrogen-bond donors (Lipinski definition) is 2. The molecule has 2 N–H and O–H groups in total. The molecule has 0 aromatic heterocycles. The Morgan fingerprint density at radius 3 is 2.52 bits per heavy atom. The van der Waals surface area contributed by atoms with E-state index in [1.54, 1.807) is 0 Å². The van der Waals surface area contributed by atoms with Crippen LogP contribution in [0.4, 0.5) is 5.69 Å². The maximum Gasteiger partial charge on any atom is 0.171 e. The lowest BCUT2D eigenvalue weighted by Crippen LogP contribution is -2.32. The highest BCUT2D eigenvalue weighted by Gasteiger charge is 2.10. The van der Waals surface area contributed by atoms with E-state index in [2.05, 4.69) is 58.6 Å². The van der Waals surface area contributed by atoms with E-state index in [1.807, 2.05) is 30.3 Å². The molecule has 0 aliphatic carbocycles. The molecule has 0 unspecified atom stereocenters. The maximum absolute atomic E-state index is 5.42. The summed E-state index contributed by atoms with van der Waals surface area (Å²) in [5.74, 6) is 0. The third-order valence-corrected chi connectivity index (χ3v) is 4.44. The van der Waals surface area contributed by atoms with Crippen molar-refractivity contribution >= 4 is 38.9 Å². The maximum atomic E-state index is 5.42. The number of hydrogen-bond acceptors (Lipinski definition) is 1. The lowest BCUT2D eigenvalue weighted by Gasteiger charge is -2.20. The van der Waals surface area contributed by atoms with E-state index in [4.69, 9.17) is 12.2 Å². The van der Waals surface area contributed by atoms with E-state index in [0.717, 1.165) is 16.6 Å². The molecule has 110 valence electrons. The van der Waals surface area contributed by atoms with Gasteiger partial charge in [-0.1, -0.05) is 53.2 Å². The van der Waals surface area contributed by atoms with Gasteiger partial charge in [0.1, 0.15) is 0 Å². The molecule has 0 heterocycles. The molecule has 0 fully saturated rings.